The van der Waals surface area contributed by atoms with Crippen LogP contribution in [0.1, 0.15) is 48.5 Å². The van der Waals surface area contributed by atoms with Crippen LogP contribution in [0.5, 0.6) is 0 Å². The van der Waals surface area contributed by atoms with Crippen molar-refractivity contribution in [3.05, 3.63) is 0 Å². The second kappa shape index (κ2) is 6.11. The van der Waals surface area contributed by atoms with Gasteiger partial charge in [-0.15, -0.1) is 0 Å². The van der Waals surface area contributed by atoms with Gasteiger partial charge >= 0.3 is 0 Å². The molecule has 0 rings (SSSR count). The lowest BCUT2D eigenvalue weighted by Gasteiger charge is -2.49. The fourth-order valence-electron chi connectivity index (χ4n) is 3.05. The van der Waals surface area contributed by atoms with Crippen LogP contribution in [0, 0.1) is 11.3 Å². The SMILES string of the molecule is CC(C)[Si](OC(C)(C#N)[Si](C)(C)C)(C(C)C)C(C)C. The van der Waals surface area contributed by atoms with Crippen LogP contribution >= 0.6 is 0 Å². The molecular formula is C15H33NOSi2. The molecule has 1 unspecified atom stereocenters. The molecule has 112 valence electrons. The van der Waals surface area contributed by atoms with E-state index in [0.29, 0.717) is 16.6 Å². The van der Waals surface area contributed by atoms with E-state index in [4.69, 9.17) is 4.43 Å². The first-order valence-electron chi connectivity index (χ1n) is 7.46. The average Bonchev–Trinajstić information content (AvgIpc) is 2.22. The highest BCUT2D eigenvalue weighted by Gasteiger charge is 2.53. The third-order valence-corrected chi connectivity index (χ3v) is 14.2. The van der Waals surface area contributed by atoms with Gasteiger partial charge in [-0.1, -0.05) is 61.2 Å². The lowest BCUT2D eigenvalue weighted by Crippen LogP contribution is -2.61. The van der Waals surface area contributed by atoms with Gasteiger partial charge in [-0.25, -0.2) is 0 Å². The number of nitrogens with zero attached hydrogens (tertiary/aromatic N) is 1. The van der Waals surface area contributed by atoms with Gasteiger partial charge in [0.15, 0.2) is 0 Å². The monoisotopic (exact) mass is 299 g/mol. The molecule has 2 nitrogen and oxygen atoms in total. The molecule has 0 radical (unpaired) electrons. The van der Waals surface area contributed by atoms with Gasteiger partial charge in [0.25, 0.3) is 0 Å². The van der Waals surface area contributed by atoms with Crippen LogP contribution < -0.4 is 0 Å². The van der Waals surface area contributed by atoms with Crippen molar-refractivity contribution in [2.45, 2.75) is 90.0 Å². The summed E-state index contributed by atoms with van der Waals surface area (Å²) in [6.07, 6.45) is 0. The number of nitriles is 1. The van der Waals surface area contributed by atoms with Gasteiger partial charge in [0.1, 0.15) is 5.22 Å². The molecule has 0 heterocycles. The lowest BCUT2D eigenvalue weighted by atomic mass is 10.4. The third kappa shape index (κ3) is 3.50. The molecule has 0 spiro atoms. The van der Waals surface area contributed by atoms with Crippen molar-refractivity contribution in [3.63, 3.8) is 0 Å². The molecule has 4 heteroatoms. The Morgan fingerprint density at radius 2 is 1.21 bits per heavy atom. The Labute approximate surface area is 122 Å². The summed E-state index contributed by atoms with van der Waals surface area (Å²) in [5.74, 6) is 0. The third-order valence-electron chi connectivity index (χ3n) is 4.73. The van der Waals surface area contributed by atoms with Gasteiger partial charge < -0.3 is 4.43 Å². The van der Waals surface area contributed by atoms with E-state index < -0.39 is 21.6 Å². The normalized spacial score (nSPS) is 16.8. The molecule has 0 aliphatic heterocycles. The van der Waals surface area contributed by atoms with Crippen LogP contribution in [-0.4, -0.2) is 21.6 Å². The topological polar surface area (TPSA) is 33.0 Å². The second-order valence-corrected chi connectivity index (χ2v) is 18.6. The summed E-state index contributed by atoms with van der Waals surface area (Å²) >= 11 is 0. The summed E-state index contributed by atoms with van der Waals surface area (Å²) in [6, 6.07) is 2.51. The van der Waals surface area contributed by atoms with Gasteiger partial charge in [0, 0.05) is 0 Å². The van der Waals surface area contributed by atoms with Crippen LogP contribution in [-0.2, 0) is 4.43 Å². The summed E-state index contributed by atoms with van der Waals surface area (Å²) in [5.41, 5.74) is 1.57. The minimum atomic E-state index is -1.98. The van der Waals surface area contributed by atoms with Gasteiger partial charge in [-0.3, -0.25) is 0 Å². The van der Waals surface area contributed by atoms with Gasteiger partial charge in [0.2, 0.25) is 8.32 Å². The fraction of sp³-hybridized carbons (Fsp3) is 0.933. The van der Waals surface area contributed by atoms with Gasteiger partial charge in [-0.2, -0.15) is 5.26 Å². The summed E-state index contributed by atoms with van der Waals surface area (Å²) in [5, 5.41) is 9.13. The molecular weight excluding hydrogens is 266 g/mol. The first-order chi connectivity index (χ1) is 8.35. The molecule has 0 aromatic rings. The summed E-state index contributed by atoms with van der Waals surface area (Å²) < 4.78 is 6.76. The minimum absolute atomic E-state index is 0.525. The van der Waals surface area contributed by atoms with Crippen molar-refractivity contribution >= 4 is 16.4 Å². The first-order valence-corrected chi connectivity index (χ1v) is 13.1. The number of hydrogen-bond acceptors (Lipinski definition) is 2. The Hall–Kier alpha value is -0.116. The molecule has 19 heavy (non-hydrogen) atoms. The molecule has 0 saturated carbocycles. The van der Waals surface area contributed by atoms with Crippen molar-refractivity contribution in [1.29, 1.82) is 5.26 Å². The highest BCUT2D eigenvalue weighted by Crippen LogP contribution is 2.46. The minimum Gasteiger partial charge on any atom is -0.401 e. The van der Waals surface area contributed by atoms with Crippen molar-refractivity contribution in [3.8, 4) is 6.07 Å². The molecule has 0 aromatic heterocycles. The molecule has 0 amide bonds. The average molecular weight is 300 g/mol. The van der Waals surface area contributed by atoms with E-state index in [1.54, 1.807) is 0 Å². The highest BCUT2D eigenvalue weighted by atomic mass is 28.4. The predicted molar refractivity (Wildman–Crippen MR) is 89.5 cm³/mol. The highest BCUT2D eigenvalue weighted by molar-refractivity contribution is 6.83. The summed E-state index contributed by atoms with van der Waals surface area (Å²) in [7, 11) is -3.69. The lowest BCUT2D eigenvalue weighted by molar-refractivity contribution is 0.190. The maximum absolute atomic E-state index is 9.71. The van der Waals surface area contributed by atoms with Gasteiger partial charge in [-0.05, 0) is 23.5 Å². The Kier molecular flexibility index (Phi) is 6.07. The zero-order chi connectivity index (χ0) is 15.6. The van der Waals surface area contributed by atoms with E-state index in [9.17, 15) is 5.26 Å². The molecule has 0 aromatic carbocycles. The molecule has 0 aliphatic rings. The second-order valence-electron chi connectivity index (χ2n) is 7.81. The molecule has 1 atom stereocenters. The Morgan fingerprint density at radius 3 is 1.37 bits per heavy atom. The Bertz CT molecular complexity index is 317. The van der Waals surface area contributed by atoms with Crippen molar-refractivity contribution < 1.29 is 4.43 Å². The van der Waals surface area contributed by atoms with Crippen LogP contribution in [0.15, 0.2) is 0 Å². The molecule has 0 N–H and O–H groups in total. The molecule has 0 aliphatic carbocycles. The van der Waals surface area contributed by atoms with E-state index in [0.717, 1.165) is 0 Å². The zero-order valence-electron chi connectivity index (χ0n) is 14.6. The Morgan fingerprint density at radius 1 is 0.895 bits per heavy atom. The summed E-state index contributed by atoms with van der Waals surface area (Å²) in [6.45, 7) is 22.4. The first kappa shape index (κ1) is 18.9. The Balaban J connectivity index is 5.77. The van der Waals surface area contributed by atoms with Crippen LogP contribution in [0.2, 0.25) is 36.3 Å². The number of hydrogen-bond donors (Lipinski definition) is 0. The van der Waals surface area contributed by atoms with Crippen molar-refractivity contribution in [2.24, 2.45) is 0 Å². The van der Waals surface area contributed by atoms with Crippen LogP contribution in [0.3, 0.4) is 0 Å². The standard InChI is InChI=1S/C15H33NOSi2/c1-12(2)19(13(3)4,14(5)6)17-15(7,11-16)18(8,9)10/h12-14H,1-10H3. The fourth-order valence-corrected chi connectivity index (χ4v) is 10.6. The molecule has 0 bridgehead atoms. The van der Waals surface area contributed by atoms with Gasteiger partial charge in [0.05, 0.1) is 14.1 Å². The zero-order valence-corrected chi connectivity index (χ0v) is 16.6. The maximum atomic E-state index is 9.71. The van der Waals surface area contributed by atoms with E-state index in [-0.39, 0.29) is 0 Å². The van der Waals surface area contributed by atoms with E-state index in [1.165, 1.54) is 0 Å². The molecule has 0 fully saturated rings. The van der Waals surface area contributed by atoms with E-state index in [1.807, 2.05) is 6.92 Å². The maximum Gasteiger partial charge on any atom is 0.202 e. The van der Waals surface area contributed by atoms with E-state index >= 15 is 0 Å². The summed E-state index contributed by atoms with van der Waals surface area (Å²) in [4.78, 5) is 0. The van der Waals surface area contributed by atoms with E-state index in [2.05, 4.69) is 67.3 Å². The smallest absolute Gasteiger partial charge is 0.202 e. The van der Waals surface area contributed by atoms with Crippen LogP contribution in [0.4, 0.5) is 0 Å². The number of rotatable bonds is 6. The predicted octanol–water partition coefficient (Wildman–Crippen LogP) is 5.34. The van der Waals surface area contributed by atoms with Crippen molar-refractivity contribution in [2.75, 3.05) is 0 Å². The van der Waals surface area contributed by atoms with Crippen LogP contribution in [0.25, 0.3) is 0 Å². The quantitative estimate of drug-likeness (QED) is 0.620. The van der Waals surface area contributed by atoms with Crippen molar-refractivity contribution in [1.82, 2.24) is 0 Å². The largest absolute Gasteiger partial charge is 0.401 e. The molecule has 0 saturated heterocycles.